The van der Waals surface area contributed by atoms with Crippen molar-refractivity contribution in [1.82, 2.24) is 0 Å². The molecule has 0 bridgehead atoms. The Balaban J connectivity index is 1.89. The molecule has 0 N–H and O–H groups in total. The first-order valence-corrected chi connectivity index (χ1v) is 11.2. The second kappa shape index (κ2) is 8.76. The van der Waals surface area contributed by atoms with Crippen molar-refractivity contribution in [1.29, 1.82) is 0 Å². The maximum atomic E-state index is 6.10. The van der Waals surface area contributed by atoms with Gasteiger partial charge in [0.25, 0.3) is 0 Å². The average Bonchev–Trinajstić information content (AvgIpc) is 2.68. The third-order valence-corrected chi connectivity index (χ3v) is 5.74. The van der Waals surface area contributed by atoms with E-state index in [2.05, 4.69) is 81.1 Å². The van der Waals surface area contributed by atoms with Gasteiger partial charge in [-0.3, -0.25) is 0 Å². The number of hydrogen-bond donors (Lipinski definition) is 0. The molecule has 1 aliphatic rings. The molecule has 0 atom stereocenters. The van der Waals surface area contributed by atoms with Gasteiger partial charge in [0.1, 0.15) is 17.1 Å². The van der Waals surface area contributed by atoms with Crippen LogP contribution in [0.3, 0.4) is 0 Å². The molecule has 0 amide bonds. The van der Waals surface area contributed by atoms with E-state index in [0.717, 1.165) is 11.5 Å². The molecule has 0 spiro atoms. The predicted octanol–water partition coefficient (Wildman–Crippen LogP) is 7.29. The first kappa shape index (κ1) is 22.3. The highest BCUT2D eigenvalue weighted by atomic mass is 16.5. The van der Waals surface area contributed by atoms with Gasteiger partial charge in [-0.05, 0) is 89.8 Å². The van der Waals surface area contributed by atoms with Crippen LogP contribution in [0, 0.1) is 11.8 Å². The van der Waals surface area contributed by atoms with Crippen LogP contribution < -0.4 is 9.47 Å². The minimum Gasteiger partial charge on any atom is -0.488 e. The normalized spacial score (nSPS) is 16.3. The van der Waals surface area contributed by atoms with Gasteiger partial charge in [0.15, 0.2) is 5.60 Å². The Labute approximate surface area is 183 Å². The van der Waals surface area contributed by atoms with Gasteiger partial charge < -0.3 is 9.47 Å². The third-order valence-electron chi connectivity index (χ3n) is 5.74. The summed E-state index contributed by atoms with van der Waals surface area (Å²) in [5.41, 5.74) is 2.15. The van der Waals surface area contributed by atoms with Crippen molar-refractivity contribution in [3.8, 4) is 23.3 Å². The third kappa shape index (κ3) is 5.39. The highest BCUT2D eigenvalue weighted by Gasteiger charge is 2.35. The van der Waals surface area contributed by atoms with Crippen LogP contribution in [0.25, 0.3) is 0 Å². The monoisotopic (exact) mass is 404 g/mol. The van der Waals surface area contributed by atoms with Crippen LogP contribution >= 0.6 is 0 Å². The Morgan fingerprint density at radius 3 is 1.60 bits per heavy atom. The highest BCUT2D eigenvalue weighted by Crippen LogP contribution is 2.45. The van der Waals surface area contributed by atoms with E-state index in [1.807, 2.05) is 20.8 Å². The van der Waals surface area contributed by atoms with Crippen LogP contribution in [-0.2, 0) is 5.41 Å². The lowest BCUT2D eigenvalue weighted by Crippen LogP contribution is -2.30. The Bertz CT molecular complexity index is 881. The Morgan fingerprint density at radius 1 is 0.700 bits per heavy atom. The lowest BCUT2D eigenvalue weighted by Gasteiger charge is -2.39. The second-order valence-electron chi connectivity index (χ2n) is 9.89. The largest absolute Gasteiger partial charge is 0.488 e. The van der Waals surface area contributed by atoms with Crippen LogP contribution in [-0.4, -0.2) is 11.2 Å². The molecule has 1 saturated carbocycles. The average molecular weight is 405 g/mol. The molecule has 2 nitrogen and oxygen atoms in total. The van der Waals surface area contributed by atoms with Crippen molar-refractivity contribution >= 4 is 0 Å². The quantitative estimate of drug-likeness (QED) is 0.487. The molecule has 160 valence electrons. The summed E-state index contributed by atoms with van der Waals surface area (Å²) >= 11 is 0. The van der Waals surface area contributed by atoms with Gasteiger partial charge in [-0.25, -0.2) is 0 Å². The molecule has 3 rings (SSSR count). The van der Waals surface area contributed by atoms with Gasteiger partial charge in [0.05, 0.1) is 0 Å². The highest BCUT2D eigenvalue weighted by molar-refractivity contribution is 5.44. The summed E-state index contributed by atoms with van der Waals surface area (Å²) < 4.78 is 12.1. The molecule has 2 aromatic rings. The fourth-order valence-electron chi connectivity index (χ4n) is 4.56. The number of hydrogen-bond acceptors (Lipinski definition) is 2. The summed E-state index contributed by atoms with van der Waals surface area (Å²) in [7, 11) is 0. The Morgan fingerprint density at radius 2 is 1.17 bits per heavy atom. The molecule has 0 saturated heterocycles. The lowest BCUT2D eigenvalue weighted by atomic mass is 9.65. The molecule has 30 heavy (non-hydrogen) atoms. The van der Waals surface area contributed by atoms with E-state index in [1.54, 1.807) is 0 Å². The summed E-state index contributed by atoms with van der Waals surface area (Å²) in [6, 6.07) is 17.5. The molecule has 0 heterocycles. The molecule has 2 heteroatoms. The van der Waals surface area contributed by atoms with Crippen molar-refractivity contribution in [2.24, 2.45) is 0 Å². The molecular formula is C28H36O2. The molecule has 0 unspecified atom stereocenters. The summed E-state index contributed by atoms with van der Waals surface area (Å²) in [6.07, 6.45) is 6.20. The standard InChI is InChI=1S/C28H36O2/c1-7-19-27(5,6)30-25-17-13-23(14-18-25)28(20-9-8-10-21-28)22-11-15-24(16-12-22)29-26(2,3)4/h11-18H,8-10,20-21H2,1-6H3. The van der Waals surface area contributed by atoms with Gasteiger partial charge >= 0.3 is 0 Å². The van der Waals surface area contributed by atoms with E-state index in [4.69, 9.17) is 9.47 Å². The number of ether oxygens (including phenoxy) is 2. The van der Waals surface area contributed by atoms with E-state index in [9.17, 15) is 0 Å². The first-order chi connectivity index (χ1) is 14.1. The molecule has 2 aromatic carbocycles. The summed E-state index contributed by atoms with van der Waals surface area (Å²) in [5.74, 6) is 7.87. The van der Waals surface area contributed by atoms with E-state index in [0.29, 0.717) is 0 Å². The van der Waals surface area contributed by atoms with Gasteiger partial charge in [-0.2, -0.15) is 0 Å². The van der Waals surface area contributed by atoms with Crippen molar-refractivity contribution in [3.05, 3.63) is 59.7 Å². The first-order valence-electron chi connectivity index (χ1n) is 11.2. The SMILES string of the molecule is CC#CC(C)(C)Oc1ccc(C2(c3ccc(OC(C)(C)C)cc3)CCCCC2)cc1. The minimum absolute atomic E-state index is 0.0653. The zero-order chi connectivity index (χ0) is 21.8. The summed E-state index contributed by atoms with van der Waals surface area (Å²) in [6.45, 7) is 12.1. The number of benzene rings is 2. The van der Waals surface area contributed by atoms with Crippen molar-refractivity contribution in [3.63, 3.8) is 0 Å². The van der Waals surface area contributed by atoms with Crippen molar-refractivity contribution in [2.45, 2.75) is 90.3 Å². The molecule has 0 aliphatic heterocycles. The van der Waals surface area contributed by atoms with Crippen molar-refractivity contribution < 1.29 is 9.47 Å². The molecule has 0 radical (unpaired) electrons. The van der Waals surface area contributed by atoms with Crippen LogP contribution in [0.5, 0.6) is 11.5 Å². The molecular weight excluding hydrogens is 368 g/mol. The van der Waals surface area contributed by atoms with E-state index >= 15 is 0 Å². The van der Waals surface area contributed by atoms with E-state index < -0.39 is 5.60 Å². The Hall–Kier alpha value is -2.40. The fraction of sp³-hybridized carbons (Fsp3) is 0.500. The van der Waals surface area contributed by atoms with Gasteiger partial charge in [-0.15, -0.1) is 5.92 Å². The number of rotatable bonds is 5. The van der Waals surface area contributed by atoms with Crippen LogP contribution in [0.15, 0.2) is 48.5 Å². The zero-order valence-electron chi connectivity index (χ0n) is 19.5. The predicted molar refractivity (Wildman–Crippen MR) is 125 cm³/mol. The lowest BCUT2D eigenvalue weighted by molar-refractivity contribution is 0.131. The van der Waals surface area contributed by atoms with Gasteiger partial charge in [-0.1, -0.05) is 49.4 Å². The molecule has 1 aliphatic carbocycles. The summed E-state index contributed by atoms with van der Waals surface area (Å²) in [5, 5.41) is 0. The minimum atomic E-state index is -0.484. The van der Waals surface area contributed by atoms with Gasteiger partial charge in [0, 0.05) is 5.41 Å². The molecule has 1 fully saturated rings. The summed E-state index contributed by atoms with van der Waals surface area (Å²) in [4.78, 5) is 0. The maximum Gasteiger partial charge on any atom is 0.163 e. The fourth-order valence-corrected chi connectivity index (χ4v) is 4.56. The van der Waals surface area contributed by atoms with Crippen molar-refractivity contribution in [2.75, 3.05) is 0 Å². The van der Waals surface area contributed by atoms with E-state index in [1.165, 1.54) is 43.2 Å². The van der Waals surface area contributed by atoms with Crippen LogP contribution in [0.4, 0.5) is 0 Å². The smallest absolute Gasteiger partial charge is 0.163 e. The zero-order valence-corrected chi connectivity index (χ0v) is 19.5. The van der Waals surface area contributed by atoms with Crippen LogP contribution in [0.2, 0.25) is 0 Å². The topological polar surface area (TPSA) is 18.5 Å². The van der Waals surface area contributed by atoms with E-state index in [-0.39, 0.29) is 11.0 Å². The van der Waals surface area contributed by atoms with Crippen LogP contribution in [0.1, 0.15) is 84.8 Å². The van der Waals surface area contributed by atoms with Gasteiger partial charge in [0.2, 0.25) is 0 Å². The second-order valence-corrected chi connectivity index (χ2v) is 9.89. The Kier molecular flexibility index (Phi) is 6.51. The maximum absolute atomic E-state index is 6.10. The molecule has 0 aromatic heterocycles.